The first-order valence-corrected chi connectivity index (χ1v) is 8.46. The fraction of sp³-hybridized carbons (Fsp3) is 0.0500. The van der Waals surface area contributed by atoms with Crippen LogP contribution in [0.4, 0.5) is 13.2 Å². The minimum Gasteiger partial charge on any atom is -0.475 e. The highest BCUT2D eigenvalue weighted by atomic mass is 19.4. The number of benzene rings is 1. The van der Waals surface area contributed by atoms with Crippen molar-refractivity contribution >= 4 is 17.0 Å². The van der Waals surface area contributed by atoms with Crippen LogP contribution in [0, 0.1) is 22.7 Å². The molecular formula is C20H11F3N6O2. The number of nitrogens with zero attached hydrogens (tertiary/aromatic N) is 5. The summed E-state index contributed by atoms with van der Waals surface area (Å²) in [4.78, 5) is 16.3. The Morgan fingerprint density at radius 2 is 1.84 bits per heavy atom. The molecule has 31 heavy (non-hydrogen) atoms. The van der Waals surface area contributed by atoms with Gasteiger partial charge in [0.2, 0.25) is 0 Å². The average Bonchev–Trinajstić information content (AvgIpc) is 3.42. The van der Waals surface area contributed by atoms with Gasteiger partial charge in [-0.2, -0.15) is 28.8 Å². The summed E-state index contributed by atoms with van der Waals surface area (Å²) in [6.07, 6.45) is 2.18. The zero-order valence-electron chi connectivity index (χ0n) is 15.4. The molecule has 0 aliphatic heterocycles. The van der Waals surface area contributed by atoms with Crippen molar-refractivity contribution in [1.82, 2.24) is 19.7 Å². The van der Waals surface area contributed by atoms with Crippen molar-refractivity contribution in [3.63, 3.8) is 0 Å². The fourth-order valence-electron chi connectivity index (χ4n) is 2.68. The number of aromatic nitrogens is 4. The smallest absolute Gasteiger partial charge is 0.475 e. The number of hydrogen-bond donors (Lipinski definition) is 2. The number of hydrogen-bond acceptors (Lipinski definition) is 5. The number of fused-ring (bicyclic) bond motifs is 1. The first-order chi connectivity index (χ1) is 14.7. The number of carboxylic acid groups (broad SMARTS) is 1. The number of H-pyrrole nitrogens is 1. The summed E-state index contributed by atoms with van der Waals surface area (Å²) in [6, 6.07) is 13.0. The lowest BCUT2D eigenvalue weighted by molar-refractivity contribution is -0.192. The van der Waals surface area contributed by atoms with E-state index in [1.165, 1.54) is 0 Å². The molecule has 4 aromatic rings. The van der Waals surface area contributed by atoms with E-state index in [4.69, 9.17) is 20.4 Å². The van der Waals surface area contributed by atoms with Crippen molar-refractivity contribution < 1.29 is 23.1 Å². The van der Waals surface area contributed by atoms with Gasteiger partial charge in [-0.25, -0.2) is 14.5 Å². The highest BCUT2D eigenvalue weighted by Crippen LogP contribution is 2.27. The quantitative estimate of drug-likeness (QED) is 0.503. The molecule has 0 bridgehead atoms. The predicted octanol–water partition coefficient (Wildman–Crippen LogP) is 3.79. The van der Waals surface area contributed by atoms with Crippen LogP contribution in [0.3, 0.4) is 0 Å². The minimum atomic E-state index is -5.08. The standard InChI is InChI=1S/C18H10N6.C2HF3O2/c19-8-12-1-2-15(7-13(12)9-20)24-11-14(10-23-24)16-3-5-21-18-17(16)4-6-22-18;3-2(4,5)1(6)7/h1-7,10-11H,(H,21,22);(H,6,7). The number of aromatic amines is 1. The van der Waals surface area contributed by atoms with Gasteiger partial charge < -0.3 is 10.1 Å². The third-order valence-corrected chi connectivity index (χ3v) is 4.10. The first-order valence-electron chi connectivity index (χ1n) is 8.46. The summed E-state index contributed by atoms with van der Waals surface area (Å²) in [5.41, 5.74) is 4.23. The Kier molecular flexibility index (Phi) is 5.70. The molecule has 0 aliphatic rings. The molecule has 0 saturated heterocycles. The molecule has 0 saturated carbocycles. The van der Waals surface area contributed by atoms with Gasteiger partial charge in [-0.3, -0.25) is 0 Å². The molecule has 3 heterocycles. The van der Waals surface area contributed by atoms with Gasteiger partial charge in [-0.05, 0) is 35.9 Å². The second-order valence-corrected chi connectivity index (χ2v) is 6.03. The number of pyridine rings is 1. The fourth-order valence-corrected chi connectivity index (χ4v) is 2.68. The van der Waals surface area contributed by atoms with E-state index >= 15 is 0 Å². The molecule has 0 fully saturated rings. The maximum absolute atomic E-state index is 10.6. The monoisotopic (exact) mass is 424 g/mol. The van der Waals surface area contributed by atoms with Crippen LogP contribution >= 0.6 is 0 Å². The third-order valence-electron chi connectivity index (χ3n) is 4.10. The lowest BCUT2D eigenvalue weighted by atomic mass is 10.1. The van der Waals surface area contributed by atoms with Gasteiger partial charge in [0.15, 0.2) is 0 Å². The number of aliphatic carboxylic acids is 1. The Hall–Kier alpha value is -4.64. The van der Waals surface area contributed by atoms with Crippen molar-refractivity contribution in [3.8, 4) is 29.0 Å². The van der Waals surface area contributed by atoms with E-state index in [0.717, 1.165) is 27.8 Å². The van der Waals surface area contributed by atoms with Crippen LogP contribution in [-0.2, 0) is 4.79 Å². The molecule has 154 valence electrons. The molecule has 11 heteroatoms. The number of rotatable bonds is 2. The lowest BCUT2D eigenvalue weighted by Gasteiger charge is -2.03. The number of nitriles is 2. The van der Waals surface area contributed by atoms with Crippen LogP contribution in [0.5, 0.6) is 0 Å². The highest BCUT2D eigenvalue weighted by Gasteiger charge is 2.38. The zero-order chi connectivity index (χ0) is 22.6. The number of halogens is 3. The van der Waals surface area contributed by atoms with E-state index in [9.17, 15) is 13.2 Å². The van der Waals surface area contributed by atoms with E-state index in [1.807, 2.05) is 36.7 Å². The molecular weight excluding hydrogens is 413 g/mol. The second-order valence-electron chi connectivity index (χ2n) is 6.03. The number of alkyl halides is 3. The maximum atomic E-state index is 10.6. The van der Waals surface area contributed by atoms with Crippen molar-refractivity contribution in [3.05, 3.63) is 66.2 Å². The van der Waals surface area contributed by atoms with Crippen LogP contribution in [-0.4, -0.2) is 37.0 Å². The molecule has 8 nitrogen and oxygen atoms in total. The first kappa shape index (κ1) is 21.1. The largest absolute Gasteiger partial charge is 0.490 e. The molecule has 1 aromatic carbocycles. The summed E-state index contributed by atoms with van der Waals surface area (Å²) >= 11 is 0. The Morgan fingerprint density at radius 3 is 2.48 bits per heavy atom. The predicted molar refractivity (Wildman–Crippen MR) is 102 cm³/mol. The van der Waals surface area contributed by atoms with Gasteiger partial charge in [-0.15, -0.1) is 0 Å². The zero-order valence-corrected chi connectivity index (χ0v) is 15.4. The van der Waals surface area contributed by atoms with Crippen molar-refractivity contribution in [2.75, 3.05) is 0 Å². The molecule has 0 radical (unpaired) electrons. The van der Waals surface area contributed by atoms with E-state index in [1.54, 1.807) is 35.3 Å². The molecule has 2 N–H and O–H groups in total. The molecule has 0 spiro atoms. The van der Waals surface area contributed by atoms with Crippen LogP contribution in [0.2, 0.25) is 0 Å². The van der Waals surface area contributed by atoms with E-state index in [0.29, 0.717) is 11.1 Å². The summed E-state index contributed by atoms with van der Waals surface area (Å²) in [7, 11) is 0. The average molecular weight is 424 g/mol. The van der Waals surface area contributed by atoms with Crippen molar-refractivity contribution in [2.24, 2.45) is 0 Å². The Morgan fingerprint density at radius 1 is 1.13 bits per heavy atom. The van der Waals surface area contributed by atoms with Gasteiger partial charge in [0, 0.05) is 29.5 Å². The molecule has 0 aliphatic carbocycles. The van der Waals surface area contributed by atoms with Crippen LogP contribution in [0.25, 0.3) is 27.8 Å². The highest BCUT2D eigenvalue weighted by molar-refractivity contribution is 5.92. The molecule has 0 atom stereocenters. The van der Waals surface area contributed by atoms with Gasteiger partial charge in [0.25, 0.3) is 0 Å². The molecule has 0 unspecified atom stereocenters. The second kappa shape index (κ2) is 8.39. The number of carboxylic acids is 1. The Balaban J connectivity index is 0.000000339. The Bertz CT molecular complexity index is 1340. The van der Waals surface area contributed by atoms with Gasteiger partial charge in [-0.1, -0.05) is 0 Å². The normalized spacial score (nSPS) is 10.6. The molecule has 4 rings (SSSR count). The third kappa shape index (κ3) is 4.52. The van der Waals surface area contributed by atoms with Gasteiger partial charge >= 0.3 is 12.1 Å². The van der Waals surface area contributed by atoms with Gasteiger partial charge in [0.1, 0.15) is 17.8 Å². The topological polar surface area (TPSA) is 131 Å². The van der Waals surface area contributed by atoms with E-state index in [-0.39, 0.29) is 0 Å². The maximum Gasteiger partial charge on any atom is 0.490 e. The van der Waals surface area contributed by atoms with E-state index < -0.39 is 12.1 Å². The summed E-state index contributed by atoms with van der Waals surface area (Å²) in [5, 5.41) is 30.7. The van der Waals surface area contributed by atoms with Crippen LogP contribution < -0.4 is 0 Å². The van der Waals surface area contributed by atoms with Gasteiger partial charge in [0.05, 0.1) is 23.0 Å². The summed E-state index contributed by atoms with van der Waals surface area (Å²) in [5.74, 6) is -2.76. The SMILES string of the molecule is N#Cc1ccc(-n2cc(-c3ccnc4[nH]ccc34)cn2)cc1C#N.O=C(O)C(F)(F)F. The summed E-state index contributed by atoms with van der Waals surface area (Å²) < 4.78 is 33.4. The van der Waals surface area contributed by atoms with Crippen LogP contribution in [0.15, 0.2) is 55.1 Å². The molecule has 3 aromatic heterocycles. The van der Waals surface area contributed by atoms with Crippen LogP contribution in [0.1, 0.15) is 11.1 Å². The van der Waals surface area contributed by atoms with Crippen molar-refractivity contribution in [2.45, 2.75) is 6.18 Å². The van der Waals surface area contributed by atoms with Crippen molar-refractivity contribution in [1.29, 1.82) is 10.5 Å². The Labute approximate surface area is 172 Å². The minimum absolute atomic E-state index is 0.337. The molecule has 0 amide bonds. The summed E-state index contributed by atoms with van der Waals surface area (Å²) in [6.45, 7) is 0. The lowest BCUT2D eigenvalue weighted by Crippen LogP contribution is -2.21. The number of carbonyl (C=O) groups is 1. The number of nitrogens with one attached hydrogen (secondary N) is 1. The van der Waals surface area contributed by atoms with E-state index in [2.05, 4.69) is 15.1 Å².